The molecular weight excluding hydrogens is 328 g/mol. The maximum absolute atomic E-state index is 12.8. The van der Waals surface area contributed by atoms with Crippen LogP contribution in [-0.2, 0) is 12.2 Å². The molecule has 0 aliphatic carbocycles. The van der Waals surface area contributed by atoms with E-state index in [-0.39, 0.29) is 18.3 Å². The summed E-state index contributed by atoms with van der Waals surface area (Å²) in [6.45, 7) is 0.752. The number of fused-ring (bicyclic) bond motifs is 1. The van der Waals surface area contributed by atoms with Gasteiger partial charge in [-0.2, -0.15) is 11.8 Å². The van der Waals surface area contributed by atoms with Gasteiger partial charge in [-0.25, -0.2) is 0 Å². The third-order valence-corrected chi connectivity index (χ3v) is 4.67. The lowest BCUT2D eigenvalue weighted by atomic mass is 9.99. The molecule has 0 radical (unpaired) electrons. The minimum atomic E-state index is 0. The number of rotatable bonds is 3. The van der Waals surface area contributed by atoms with Crippen LogP contribution in [0.15, 0.2) is 42.5 Å². The molecule has 1 amide bonds. The molecule has 2 aromatic carbocycles. The standard InChI is InChI=1S/C18H20N2OS.ClH/c1-22-12-13-7-9-14(10-8-13)18(21)20-11-3-4-15-16(19)5-2-6-17(15)20;/h2,5-10H,3-4,11-12,19H2,1H3;1H. The van der Waals surface area contributed by atoms with Crippen LogP contribution in [0.5, 0.6) is 0 Å². The number of carbonyl (C=O) groups excluding carboxylic acids is 1. The zero-order chi connectivity index (χ0) is 15.5. The Bertz CT molecular complexity index is 688. The number of anilines is 2. The molecule has 1 heterocycles. The Morgan fingerprint density at radius 2 is 1.96 bits per heavy atom. The average molecular weight is 349 g/mol. The van der Waals surface area contributed by atoms with Gasteiger partial charge in [0.05, 0.1) is 0 Å². The van der Waals surface area contributed by atoms with E-state index in [1.54, 1.807) is 11.8 Å². The van der Waals surface area contributed by atoms with E-state index < -0.39 is 0 Å². The van der Waals surface area contributed by atoms with E-state index in [2.05, 4.69) is 6.26 Å². The minimum Gasteiger partial charge on any atom is -0.398 e. The summed E-state index contributed by atoms with van der Waals surface area (Å²) < 4.78 is 0. The number of halogens is 1. The second-order valence-electron chi connectivity index (χ2n) is 5.54. The highest BCUT2D eigenvalue weighted by atomic mass is 35.5. The van der Waals surface area contributed by atoms with Crippen molar-refractivity contribution in [2.24, 2.45) is 0 Å². The lowest BCUT2D eigenvalue weighted by Gasteiger charge is -2.30. The zero-order valence-corrected chi connectivity index (χ0v) is 14.8. The van der Waals surface area contributed by atoms with Crippen LogP contribution in [0.1, 0.15) is 27.9 Å². The maximum Gasteiger partial charge on any atom is 0.258 e. The summed E-state index contributed by atoms with van der Waals surface area (Å²) in [5.74, 6) is 1.03. The Morgan fingerprint density at radius 3 is 2.65 bits per heavy atom. The Hall–Kier alpha value is -1.65. The molecule has 0 saturated carbocycles. The van der Waals surface area contributed by atoms with Gasteiger partial charge in [0.1, 0.15) is 0 Å². The number of benzene rings is 2. The molecule has 23 heavy (non-hydrogen) atoms. The summed E-state index contributed by atoms with van der Waals surface area (Å²) in [5.41, 5.74) is 10.9. The van der Waals surface area contributed by atoms with Gasteiger partial charge in [-0.3, -0.25) is 4.79 Å². The van der Waals surface area contributed by atoms with E-state index in [1.807, 2.05) is 47.4 Å². The van der Waals surface area contributed by atoms with Crippen molar-refractivity contribution in [1.82, 2.24) is 0 Å². The fraction of sp³-hybridized carbons (Fsp3) is 0.278. The molecule has 0 spiro atoms. The van der Waals surface area contributed by atoms with Crippen LogP contribution in [0.4, 0.5) is 11.4 Å². The van der Waals surface area contributed by atoms with Crippen molar-refractivity contribution in [1.29, 1.82) is 0 Å². The Labute approximate surface area is 147 Å². The first-order valence-corrected chi connectivity index (χ1v) is 8.87. The predicted molar refractivity (Wildman–Crippen MR) is 102 cm³/mol. The number of hydrogen-bond donors (Lipinski definition) is 1. The molecule has 0 unspecified atom stereocenters. The van der Waals surface area contributed by atoms with Crippen LogP contribution < -0.4 is 10.6 Å². The van der Waals surface area contributed by atoms with Crippen molar-refractivity contribution in [3.8, 4) is 0 Å². The third-order valence-electron chi connectivity index (χ3n) is 4.04. The number of nitrogens with zero attached hydrogens (tertiary/aromatic N) is 1. The predicted octanol–water partition coefficient (Wildman–Crippen LogP) is 4.15. The largest absolute Gasteiger partial charge is 0.398 e. The van der Waals surface area contributed by atoms with Gasteiger partial charge in [-0.1, -0.05) is 18.2 Å². The molecule has 1 aliphatic heterocycles. The van der Waals surface area contributed by atoms with Gasteiger partial charge >= 0.3 is 0 Å². The van der Waals surface area contributed by atoms with Crippen molar-refractivity contribution in [2.75, 3.05) is 23.4 Å². The molecule has 3 nitrogen and oxygen atoms in total. The van der Waals surface area contributed by atoms with Crippen molar-refractivity contribution in [3.63, 3.8) is 0 Å². The first-order valence-electron chi connectivity index (χ1n) is 7.48. The summed E-state index contributed by atoms with van der Waals surface area (Å²) in [5, 5.41) is 0. The summed E-state index contributed by atoms with van der Waals surface area (Å²) in [6.07, 6.45) is 3.98. The SMILES string of the molecule is CSCc1ccc(C(=O)N2CCCc3c(N)cccc32)cc1.Cl. The third kappa shape index (κ3) is 3.65. The first-order chi connectivity index (χ1) is 10.7. The molecule has 2 N–H and O–H groups in total. The summed E-state index contributed by atoms with van der Waals surface area (Å²) in [7, 11) is 0. The van der Waals surface area contributed by atoms with Crippen molar-refractivity contribution in [2.45, 2.75) is 18.6 Å². The van der Waals surface area contributed by atoms with Gasteiger partial charge in [0.15, 0.2) is 0 Å². The lowest BCUT2D eigenvalue weighted by Crippen LogP contribution is -2.35. The Morgan fingerprint density at radius 1 is 1.22 bits per heavy atom. The van der Waals surface area contributed by atoms with Crippen molar-refractivity contribution in [3.05, 3.63) is 59.2 Å². The fourth-order valence-corrected chi connectivity index (χ4v) is 3.45. The van der Waals surface area contributed by atoms with Crippen LogP contribution in [0, 0.1) is 0 Å². The highest BCUT2D eigenvalue weighted by molar-refractivity contribution is 7.97. The number of nitrogen functional groups attached to an aromatic ring is 1. The number of carbonyl (C=O) groups is 1. The summed E-state index contributed by atoms with van der Waals surface area (Å²) >= 11 is 1.78. The van der Waals surface area contributed by atoms with Gasteiger partial charge in [0, 0.05) is 29.2 Å². The molecule has 3 rings (SSSR count). The normalized spacial score (nSPS) is 13.2. The zero-order valence-electron chi connectivity index (χ0n) is 13.1. The highest BCUT2D eigenvalue weighted by Crippen LogP contribution is 2.32. The second-order valence-corrected chi connectivity index (χ2v) is 6.40. The molecule has 0 bridgehead atoms. The molecule has 0 saturated heterocycles. The second kappa shape index (κ2) is 7.75. The van der Waals surface area contributed by atoms with Crippen molar-refractivity contribution >= 4 is 41.5 Å². The van der Waals surface area contributed by atoms with E-state index in [0.717, 1.165) is 47.6 Å². The van der Waals surface area contributed by atoms with Gasteiger partial charge in [-0.15, -0.1) is 12.4 Å². The van der Waals surface area contributed by atoms with Gasteiger partial charge in [-0.05, 0) is 54.5 Å². The average Bonchev–Trinajstić information content (AvgIpc) is 2.55. The summed E-state index contributed by atoms with van der Waals surface area (Å²) in [4.78, 5) is 14.7. The Kier molecular flexibility index (Phi) is 5.97. The van der Waals surface area contributed by atoms with Gasteiger partial charge in [0.2, 0.25) is 0 Å². The molecule has 0 aromatic heterocycles. The molecule has 0 fully saturated rings. The van der Waals surface area contributed by atoms with Crippen LogP contribution in [0.2, 0.25) is 0 Å². The smallest absolute Gasteiger partial charge is 0.258 e. The molecular formula is C18H21ClN2OS. The number of amides is 1. The van der Waals surface area contributed by atoms with Crippen LogP contribution in [-0.4, -0.2) is 18.7 Å². The van der Waals surface area contributed by atoms with Crippen LogP contribution in [0.3, 0.4) is 0 Å². The van der Waals surface area contributed by atoms with E-state index in [4.69, 9.17) is 5.73 Å². The van der Waals surface area contributed by atoms with E-state index in [0.29, 0.717) is 0 Å². The quantitative estimate of drug-likeness (QED) is 0.848. The van der Waals surface area contributed by atoms with Crippen LogP contribution >= 0.6 is 24.2 Å². The van der Waals surface area contributed by atoms with Crippen molar-refractivity contribution < 1.29 is 4.79 Å². The van der Waals surface area contributed by atoms with Crippen LogP contribution in [0.25, 0.3) is 0 Å². The van der Waals surface area contributed by atoms with E-state index >= 15 is 0 Å². The topological polar surface area (TPSA) is 46.3 Å². The number of nitrogens with two attached hydrogens (primary N) is 1. The van der Waals surface area contributed by atoms with Gasteiger partial charge in [0.25, 0.3) is 5.91 Å². The van der Waals surface area contributed by atoms with Gasteiger partial charge < -0.3 is 10.6 Å². The fourth-order valence-electron chi connectivity index (χ4n) is 2.93. The minimum absolute atomic E-state index is 0. The molecule has 1 aliphatic rings. The maximum atomic E-state index is 12.8. The molecule has 0 atom stereocenters. The number of hydrogen-bond acceptors (Lipinski definition) is 3. The molecule has 5 heteroatoms. The summed E-state index contributed by atoms with van der Waals surface area (Å²) in [6, 6.07) is 13.7. The molecule has 122 valence electrons. The van der Waals surface area contributed by atoms with E-state index in [1.165, 1.54) is 5.56 Å². The molecule has 2 aromatic rings. The van der Waals surface area contributed by atoms with E-state index in [9.17, 15) is 4.79 Å². The Balaban J connectivity index is 0.00000192. The number of thioether (sulfide) groups is 1. The monoisotopic (exact) mass is 348 g/mol. The highest BCUT2D eigenvalue weighted by Gasteiger charge is 2.24. The first kappa shape index (κ1) is 17.7. The lowest BCUT2D eigenvalue weighted by molar-refractivity contribution is 0.0985.